The van der Waals surface area contributed by atoms with E-state index in [2.05, 4.69) is 29.5 Å². The topological polar surface area (TPSA) is 54.0 Å². The molecule has 1 heterocycles. The summed E-state index contributed by atoms with van der Waals surface area (Å²) < 4.78 is 13.8. The van der Waals surface area contributed by atoms with Gasteiger partial charge in [-0.2, -0.15) is 0 Å². The Balaban J connectivity index is 2.14. The van der Waals surface area contributed by atoms with Crippen LogP contribution in [-0.2, 0) is 0 Å². The third-order valence-corrected chi connectivity index (χ3v) is 3.19. The van der Waals surface area contributed by atoms with Gasteiger partial charge in [0.25, 0.3) is 5.91 Å². The molecule has 17 heavy (non-hydrogen) atoms. The van der Waals surface area contributed by atoms with Crippen LogP contribution in [0.4, 0.5) is 10.2 Å². The first-order chi connectivity index (χ1) is 7.95. The molecule has 2 rings (SSSR count). The molecule has 0 saturated heterocycles. The van der Waals surface area contributed by atoms with Crippen LogP contribution in [-0.4, -0.2) is 24.0 Å². The molecule has 1 aromatic heterocycles. The van der Waals surface area contributed by atoms with Gasteiger partial charge in [0.05, 0.1) is 5.56 Å². The maximum Gasteiger partial charge on any atom is 0.254 e. The lowest BCUT2D eigenvalue weighted by molar-refractivity contribution is 0.0942. The Morgan fingerprint density at radius 2 is 2.24 bits per heavy atom. The fourth-order valence-corrected chi connectivity index (χ4v) is 1.74. The number of carbonyl (C=O) groups excluding carboxylic acids is 1. The van der Waals surface area contributed by atoms with Gasteiger partial charge in [0, 0.05) is 19.3 Å². The molecule has 1 fully saturated rings. The molecule has 1 saturated carbocycles. The second-order valence-electron chi connectivity index (χ2n) is 4.99. The van der Waals surface area contributed by atoms with Crippen LogP contribution >= 0.6 is 0 Å². The van der Waals surface area contributed by atoms with Gasteiger partial charge in [-0.1, -0.05) is 13.8 Å². The summed E-state index contributed by atoms with van der Waals surface area (Å²) in [7, 11) is 1.57. The smallest absolute Gasteiger partial charge is 0.254 e. The van der Waals surface area contributed by atoms with Crippen LogP contribution in [0, 0.1) is 11.2 Å². The molecular formula is C12H16FN3O. The lowest BCUT2D eigenvalue weighted by atomic mass is 10.2. The van der Waals surface area contributed by atoms with E-state index >= 15 is 0 Å². The monoisotopic (exact) mass is 237 g/mol. The van der Waals surface area contributed by atoms with E-state index in [1.54, 1.807) is 7.05 Å². The first-order valence-corrected chi connectivity index (χ1v) is 5.59. The number of amides is 1. The Morgan fingerprint density at radius 1 is 1.59 bits per heavy atom. The summed E-state index contributed by atoms with van der Waals surface area (Å²) in [6.07, 6.45) is 2.35. The molecule has 0 radical (unpaired) electrons. The standard InChI is InChI=1S/C12H16FN3O/c1-12(2)6-8(12)16-11(17)7-4-5-15-10(14-3)9(7)13/h4-5,8H,6H2,1-3H3,(H,14,15)(H,16,17). The Labute approximate surface area is 99.6 Å². The maximum absolute atomic E-state index is 13.8. The van der Waals surface area contributed by atoms with Gasteiger partial charge in [0.2, 0.25) is 0 Å². The predicted octanol–water partition coefficient (Wildman–Crippen LogP) is 1.79. The van der Waals surface area contributed by atoms with Crippen molar-refractivity contribution in [3.05, 3.63) is 23.6 Å². The van der Waals surface area contributed by atoms with Crippen molar-refractivity contribution in [1.29, 1.82) is 0 Å². The third-order valence-electron chi connectivity index (χ3n) is 3.19. The number of carbonyl (C=O) groups is 1. The van der Waals surface area contributed by atoms with Gasteiger partial charge < -0.3 is 10.6 Å². The van der Waals surface area contributed by atoms with Gasteiger partial charge in [-0.15, -0.1) is 0 Å². The molecule has 1 unspecified atom stereocenters. The van der Waals surface area contributed by atoms with Crippen LogP contribution in [0.15, 0.2) is 12.3 Å². The Morgan fingerprint density at radius 3 is 2.76 bits per heavy atom. The van der Waals surface area contributed by atoms with Crippen LogP contribution in [0.5, 0.6) is 0 Å². The van der Waals surface area contributed by atoms with Crippen molar-refractivity contribution >= 4 is 11.7 Å². The highest BCUT2D eigenvalue weighted by Crippen LogP contribution is 2.44. The van der Waals surface area contributed by atoms with Crippen molar-refractivity contribution in [3.63, 3.8) is 0 Å². The number of anilines is 1. The van der Waals surface area contributed by atoms with Crippen LogP contribution in [0.2, 0.25) is 0 Å². The number of nitrogens with one attached hydrogen (secondary N) is 2. The Bertz CT molecular complexity index is 459. The predicted molar refractivity (Wildman–Crippen MR) is 63.4 cm³/mol. The lowest BCUT2D eigenvalue weighted by Gasteiger charge is -2.09. The number of nitrogens with zero attached hydrogens (tertiary/aromatic N) is 1. The van der Waals surface area contributed by atoms with E-state index < -0.39 is 5.82 Å². The minimum atomic E-state index is -0.606. The average Bonchev–Trinajstić information content (AvgIpc) is 2.86. The van der Waals surface area contributed by atoms with E-state index in [4.69, 9.17) is 0 Å². The number of rotatable bonds is 3. The molecule has 1 aromatic rings. The highest BCUT2D eigenvalue weighted by Gasteiger charge is 2.46. The SMILES string of the molecule is CNc1nccc(C(=O)NC2CC2(C)C)c1F. The van der Waals surface area contributed by atoms with Crippen molar-refractivity contribution in [2.24, 2.45) is 5.41 Å². The summed E-state index contributed by atoms with van der Waals surface area (Å²) in [5, 5.41) is 5.43. The van der Waals surface area contributed by atoms with Crippen molar-refractivity contribution in [2.75, 3.05) is 12.4 Å². The van der Waals surface area contributed by atoms with Crippen LogP contribution in [0.1, 0.15) is 30.6 Å². The molecule has 2 N–H and O–H groups in total. The molecule has 1 amide bonds. The quantitative estimate of drug-likeness (QED) is 0.842. The van der Waals surface area contributed by atoms with Crippen molar-refractivity contribution in [1.82, 2.24) is 10.3 Å². The third kappa shape index (κ3) is 2.23. The molecule has 0 bridgehead atoms. The molecule has 4 nitrogen and oxygen atoms in total. The zero-order chi connectivity index (χ0) is 12.6. The second-order valence-corrected chi connectivity index (χ2v) is 4.99. The molecule has 5 heteroatoms. The molecule has 0 spiro atoms. The van der Waals surface area contributed by atoms with Gasteiger partial charge in [-0.05, 0) is 17.9 Å². The average molecular weight is 237 g/mol. The van der Waals surface area contributed by atoms with Gasteiger partial charge in [0.1, 0.15) is 0 Å². The van der Waals surface area contributed by atoms with E-state index in [1.807, 2.05) is 0 Å². The van der Waals surface area contributed by atoms with Crippen LogP contribution in [0.3, 0.4) is 0 Å². The van der Waals surface area contributed by atoms with Gasteiger partial charge >= 0.3 is 0 Å². The highest BCUT2D eigenvalue weighted by molar-refractivity contribution is 5.95. The molecule has 92 valence electrons. The van der Waals surface area contributed by atoms with E-state index in [0.717, 1.165) is 6.42 Å². The van der Waals surface area contributed by atoms with Crippen LogP contribution in [0.25, 0.3) is 0 Å². The van der Waals surface area contributed by atoms with Crippen LogP contribution < -0.4 is 10.6 Å². The minimum Gasteiger partial charge on any atom is -0.371 e. The summed E-state index contributed by atoms with van der Waals surface area (Å²) >= 11 is 0. The normalized spacial score (nSPS) is 20.8. The molecule has 0 aromatic carbocycles. The highest BCUT2D eigenvalue weighted by atomic mass is 19.1. The van der Waals surface area contributed by atoms with Crippen molar-refractivity contribution in [2.45, 2.75) is 26.3 Å². The second kappa shape index (κ2) is 3.98. The van der Waals surface area contributed by atoms with E-state index in [-0.39, 0.29) is 28.7 Å². The van der Waals surface area contributed by atoms with E-state index in [0.29, 0.717) is 0 Å². The summed E-state index contributed by atoms with van der Waals surface area (Å²) in [6, 6.07) is 1.53. The summed E-state index contributed by atoms with van der Waals surface area (Å²) in [6.45, 7) is 4.14. The molecule has 1 atom stereocenters. The summed E-state index contributed by atoms with van der Waals surface area (Å²) in [5.74, 6) is -0.893. The Kier molecular flexibility index (Phi) is 2.77. The lowest BCUT2D eigenvalue weighted by Crippen LogP contribution is -2.29. The summed E-state index contributed by atoms with van der Waals surface area (Å²) in [4.78, 5) is 15.7. The van der Waals surface area contributed by atoms with E-state index in [9.17, 15) is 9.18 Å². The minimum absolute atomic E-state index is 0.0343. The number of aromatic nitrogens is 1. The van der Waals surface area contributed by atoms with E-state index in [1.165, 1.54) is 12.3 Å². The number of hydrogen-bond acceptors (Lipinski definition) is 3. The largest absolute Gasteiger partial charge is 0.371 e. The zero-order valence-corrected chi connectivity index (χ0v) is 10.2. The number of halogens is 1. The fourth-order valence-electron chi connectivity index (χ4n) is 1.74. The number of hydrogen-bond donors (Lipinski definition) is 2. The first-order valence-electron chi connectivity index (χ1n) is 5.59. The molecule has 1 aliphatic carbocycles. The maximum atomic E-state index is 13.8. The molecule has 1 aliphatic rings. The Hall–Kier alpha value is -1.65. The van der Waals surface area contributed by atoms with Gasteiger partial charge in [0.15, 0.2) is 11.6 Å². The molecular weight excluding hydrogens is 221 g/mol. The summed E-state index contributed by atoms with van der Waals surface area (Å²) in [5.41, 5.74) is 0.164. The first kappa shape index (κ1) is 11.8. The van der Waals surface area contributed by atoms with Gasteiger partial charge in [-0.25, -0.2) is 9.37 Å². The van der Waals surface area contributed by atoms with Gasteiger partial charge in [-0.3, -0.25) is 4.79 Å². The fraction of sp³-hybridized carbons (Fsp3) is 0.500. The number of pyridine rings is 1. The molecule has 0 aliphatic heterocycles. The van der Waals surface area contributed by atoms with Crippen molar-refractivity contribution in [3.8, 4) is 0 Å². The van der Waals surface area contributed by atoms with Crippen molar-refractivity contribution < 1.29 is 9.18 Å². The zero-order valence-electron chi connectivity index (χ0n) is 10.2.